The molecule has 0 aliphatic rings. The lowest BCUT2D eigenvalue weighted by Gasteiger charge is -2.11. The number of rotatable bonds is 8. The lowest BCUT2D eigenvalue weighted by atomic mass is 10.1. The lowest BCUT2D eigenvalue weighted by Crippen LogP contribution is -2.32. The first kappa shape index (κ1) is 25.4. The number of amides is 2. The Hall–Kier alpha value is -5.24. The Morgan fingerprint density at radius 1 is 1.11 bits per heavy atom. The van der Waals surface area contributed by atoms with Gasteiger partial charge in [-0.25, -0.2) is 5.43 Å². The van der Waals surface area contributed by atoms with Crippen molar-refractivity contribution in [1.29, 1.82) is 5.26 Å². The molecule has 11 nitrogen and oxygen atoms in total. The molecule has 3 aromatic carbocycles. The van der Waals surface area contributed by atoms with Gasteiger partial charge < -0.3 is 14.8 Å². The monoisotopic (exact) mass is 487 g/mol. The summed E-state index contributed by atoms with van der Waals surface area (Å²) in [7, 11) is 1.51. The van der Waals surface area contributed by atoms with Gasteiger partial charge in [0.1, 0.15) is 18.1 Å². The third-order valence-electron chi connectivity index (χ3n) is 4.92. The molecule has 0 spiro atoms. The van der Waals surface area contributed by atoms with Crippen LogP contribution in [0, 0.1) is 28.4 Å². The van der Waals surface area contributed by atoms with E-state index in [9.17, 15) is 19.7 Å². The molecule has 0 aliphatic carbocycles. The van der Waals surface area contributed by atoms with Gasteiger partial charge in [0.25, 0.3) is 5.69 Å². The summed E-state index contributed by atoms with van der Waals surface area (Å²) in [5, 5.41) is 26.0. The molecule has 2 N–H and O–H groups in total. The molecule has 0 aromatic heterocycles. The number of ether oxygens (including phenoxy) is 2. The number of nitro benzene ring substituents is 1. The van der Waals surface area contributed by atoms with Gasteiger partial charge in [0.15, 0.2) is 0 Å². The summed E-state index contributed by atoms with van der Waals surface area (Å²) in [6, 6.07) is 17.6. The second-order valence-corrected chi connectivity index (χ2v) is 7.41. The average Bonchev–Trinajstić information content (AvgIpc) is 2.87. The number of nitrogens with one attached hydrogen (secondary N) is 2. The van der Waals surface area contributed by atoms with Crippen LogP contribution in [0.25, 0.3) is 0 Å². The van der Waals surface area contributed by atoms with Crippen LogP contribution in [0.2, 0.25) is 0 Å². The summed E-state index contributed by atoms with van der Waals surface area (Å²) in [6.07, 6.45) is 1.35. The molecule has 0 aliphatic heterocycles. The number of hydrazone groups is 1. The van der Waals surface area contributed by atoms with E-state index in [1.165, 1.54) is 49.7 Å². The highest BCUT2D eigenvalue weighted by Gasteiger charge is 2.14. The maximum atomic E-state index is 12.0. The van der Waals surface area contributed by atoms with Crippen molar-refractivity contribution in [2.24, 2.45) is 5.10 Å². The van der Waals surface area contributed by atoms with Crippen molar-refractivity contribution >= 4 is 29.4 Å². The van der Waals surface area contributed by atoms with Crippen LogP contribution in [0.15, 0.2) is 65.8 Å². The van der Waals surface area contributed by atoms with Crippen molar-refractivity contribution in [2.45, 2.75) is 13.5 Å². The van der Waals surface area contributed by atoms with Crippen molar-refractivity contribution in [2.75, 3.05) is 12.4 Å². The van der Waals surface area contributed by atoms with Crippen molar-refractivity contribution in [3.05, 3.63) is 93.0 Å². The number of carbonyl (C=O) groups is 2. The molecule has 36 heavy (non-hydrogen) atoms. The minimum atomic E-state index is -0.971. The Morgan fingerprint density at radius 2 is 1.86 bits per heavy atom. The molecule has 3 rings (SSSR count). The Morgan fingerprint density at radius 3 is 2.50 bits per heavy atom. The average molecular weight is 487 g/mol. The SMILES string of the molecule is COc1ccc(C=NNC(=O)C(=O)Nc2ccc(C#N)cc2)cc1COc1ccc([N+](=O)[O-])c(C)c1. The van der Waals surface area contributed by atoms with Gasteiger partial charge in [-0.3, -0.25) is 19.7 Å². The third kappa shape index (κ3) is 6.64. The van der Waals surface area contributed by atoms with Crippen LogP contribution in [0.1, 0.15) is 22.3 Å². The minimum absolute atomic E-state index is 0.00534. The molecule has 0 bridgehead atoms. The van der Waals surface area contributed by atoms with E-state index in [4.69, 9.17) is 14.7 Å². The first-order chi connectivity index (χ1) is 17.3. The molecule has 0 saturated heterocycles. The molecule has 0 fully saturated rings. The Bertz CT molecular complexity index is 1360. The summed E-state index contributed by atoms with van der Waals surface area (Å²) in [5.41, 5.74) is 4.69. The van der Waals surface area contributed by atoms with E-state index in [1.54, 1.807) is 31.2 Å². The fraction of sp³-hybridized carbons (Fsp3) is 0.120. The molecule has 2 amide bonds. The molecule has 11 heteroatoms. The van der Waals surface area contributed by atoms with Gasteiger partial charge in [-0.15, -0.1) is 0 Å². The molecule has 0 saturated carbocycles. The van der Waals surface area contributed by atoms with Crippen LogP contribution in [0.4, 0.5) is 11.4 Å². The summed E-state index contributed by atoms with van der Waals surface area (Å²) < 4.78 is 11.1. The van der Waals surface area contributed by atoms with Gasteiger partial charge in [0.05, 0.1) is 29.9 Å². The van der Waals surface area contributed by atoms with Gasteiger partial charge >= 0.3 is 11.8 Å². The molecule has 3 aromatic rings. The zero-order chi connectivity index (χ0) is 26.1. The fourth-order valence-corrected chi connectivity index (χ4v) is 3.11. The van der Waals surface area contributed by atoms with E-state index in [-0.39, 0.29) is 12.3 Å². The van der Waals surface area contributed by atoms with E-state index < -0.39 is 16.7 Å². The number of hydrogen-bond donors (Lipinski definition) is 2. The van der Waals surface area contributed by atoms with Gasteiger partial charge in [-0.1, -0.05) is 0 Å². The van der Waals surface area contributed by atoms with Crippen LogP contribution in [-0.4, -0.2) is 30.1 Å². The van der Waals surface area contributed by atoms with Crippen molar-refractivity contribution < 1.29 is 24.0 Å². The second-order valence-electron chi connectivity index (χ2n) is 7.41. The van der Waals surface area contributed by atoms with E-state index >= 15 is 0 Å². The predicted molar refractivity (Wildman–Crippen MR) is 131 cm³/mol. The second kappa shape index (κ2) is 11.8. The molecule has 182 valence electrons. The van der Waals surface area contributed by atoms with E-state index in [2.05, 4.69) is 15.8 Å². The van der Waals surface area contributed by atoms with Crippen LogP contribution < -0.4 is 20.2 Å². The van der Waals surface area contributed by atoms with Crippen molar-refractivity contribution in [1.82, 2.24) is 5.43 Å². The zero-order valence-corrected chi connectivity index (χ0v) is 19.3. The molecule has 0 radical (unpaired) electrons. The Balaban J connectivity index is 1.61. The third-order valence-corrected chi connectivity index (χ3v) is 4.92. The summed E-state index contributed by atoms with van der Waals surface area (Å²) in [6.45, 7) is 1.74. The maximum absolute atomic E-state index is 12.0. The Kier molecular flexibility index (Phi) is 8.29. The van der Waals surface area contributed by atoms with Crippen LogP contribution >= 0.6 is 0 Å². The lowest BCUT2D eigenvalue weighted by molar-refractivity contribution is -0.385. The number of benzene rings is 3. The molecule has 0 heterocycles. The summed E-state index contributed by atoms with van der Waals surface area (Å²) in [4.78, 5) is 34.5. The van der Waals surface area contributed by atoms with Crippen molar-refractivity contribution in [3.63, 3.8) is 0 Å². The number of carbonyl (C=O) groups excluding carboxylic acids is 2. The normalized spacial score (nSPS) is 10.4. The van der Waals surface area contributed by atoms with Gasteiger partial charge in [0.2, 0.25) is 0 Å². The zero-order valence-electron chi connectivity index (χ0n) is 19.3. The largest absolute Gasteiger partial charge is 0.496 e. The highest BCUT2D eigenvalue weighted by Crippen LogP contribution is 2.26. The number of methoxy groups -OCH3 is 1. The first-order valence-corrected chi connectivity index (χ1v) is 10.5. The number of aryl methyl sites for hydroxylation is 1. The van der Waals surface area contributed by atoms with Crippen LogP contribution in [0.3, 0.4) is 0 Å². The topological polar surface area (TPSA) is 156 Å². The van der Waals surface area contributed by atoms with Crippen LogP contribution in [0.5, 0.6) is 11.5 Å². The smallest absolute Gasteiger partial charge is 0.329 e. The fourth-order valence-electron chi connectivity index (χ4n) is 3.11. The van der Waals surface area contributed by atoms with Gasteiger partial charge in [-0.05, 0) is 67.1 Å². The number of nitriles is 1. The highest BCUT2D eigenvalue weighted by atomic mass is 16.6. The molecular formula is C25H21N5O6. The van der Waals surface area contributed by atoms with Crippen molar-refractivity contribution in [3.8, 4) is 17.6 Å². The standard InChI is InChI=1S/C25H21N5O6/c1-16-11-21(8-9-22(16)30(33)34)36-15-19-12-18(5-10-23(19)35-2)14-27-29-25(32)24(31)28-20-6-3-17(13-26)4-7-20/h3-12,14H,15H2,1-2H3,(H,28,31)(H,29,32). The van der Waals surface area contributed by atoms with E-state index in [0.717, 1.165) is 0 Å². The van der Waals surface area contributed by atoms with Gasteiger partial charge in [0, 0.05) is 22.9 Å². The number of anilines is 1. The summed E-state index contributed by atoms with van der Waals surface area (Å²) in [5.74, 6) is -0.878. The first-order valence-electron chi connectivity index (χ1n) is 10.5. The van der Waals surface area contributed by atoms with Crippen LogP contribution in [-0.2, 0) is 16.2 Å². The molecular weight excluding hydrogens is 466 g/mol. The highest BCUT2D eigenvalue weighted by molar-refractivity contribution is 6.39. The molecule has 0 atom stereocenters. The maximum Gasteiger partial charge on any atom is 0.329 e. The number of nitro groups is 1. The number of nitrogens with zero attached hydrogens (tertiary/aromatic N) is 3. The van der Waals surface area contributed by atoms with Gasteiger partial charge in [-0.2, -0.15) is 10.4 Å². The van der Waals surface area contributed by atoms with E-state index in [0.29, 0.717) is 39.4 Å². The van der Waals surface area contributed by atoms with E-state index in [1.807, 2.05) is 6.07 Å². The quantitative estimate of drug-likeness (QED) is 0.213. The molecule has 0 unspecified atom stereocenters. The minimum Gasteiger partial charge on any atom is -0.496 e. The Labute approximate surface area is 206 Å². The summed E-state index contributed by atoms with van der Waals surface area (Å²) >= 11 is 0. The predicted octanol–water partition coefficient (Wildman–Crippen LogP) is 3.45. The number of hydrogen-bond acceptors (Lipinski definition) is 8.